The number of esters is 1. The minimum atomic E-state index is -0.428. The summed E-state index contributed by atoms with van der Waals surface area (Å²) in [6.45, 7) is 1.79. The fraction of sp³-hybridized carbons (Fsp3) is 0.333. The molecule has 1 aromatic rings. The molecule has 0 fully saturated rings. The van der Waals surface area contributed by atoms with Gasteiger partial charge in [-0.2, -0.15) is 0 Å². The maximum Gasteiger partial charge on any atom is 0.330 e. The second-order valence-electron chi connectivity index (χ2n) is 3.14. The van der Waals surface area contributed by atoms with Gasteiger partial charge in [0.1, 0.15) is 0 Å². The normalized spacial score (nSPS) is 12.7. The van der Waals surface area contributed by atoms with Crippen LogP contribution in [0.5, 0.6) is 0 Å². The molecule has 0 amide bonds. The second-order valence-corrected chi connectivity index (χ2v) is 3.14. The molecular weight excluding hydrogens is 190 g/mol. The van der Waals surface area contributed by atoms with Crippen molar-refractivity contribution in [1.29, 1.82) is 0 Å². The average molecular weight is 205 g/mol. The minimum absolute atomic E-state index is 0.294. The Kier molecular flexibility index (Phi) is 4.54. The van der Waals surface area contributed by atoms with Crippen molar-refractivity contribution in [3.63, 3.8) is 0 Å². The van der Waals surface area contributed by atoms with Gasteiger partial charge in [-0.1, -0.05) is 30.3 Å². The first-order chi connectivity index (χ1) is 7.27. The molecule has 1 atom stereocenters. The van der Waals surface area contributed by atoms with E-state index in [1.54, 1.807) is 13.1 Å². The molecule has 1 unspecified atom stereocenters. The van der Waals surface area contributed by atoms with E-state index in [0.717, 1.165) is 5.56 Å². The van der Waals surface area contributed by atoms with Crippen molar-refractivity contribution >= 4 is 12.2 Å². The third-order valence-electron chi connectivity index (χ3n) is 2.07. The van der Waals surface area contributed by atoms with Crippen LogP contribution in [0.25, 0.3) is 0 Å². The molecule has 80 valence electrons. The van der Waals surface area contributed by atoms with Crippen molar-refractivity contribution in [2.24, 2.45) is 4.99 Å². The SMILES string of the molecule is CC=NC(Cc1ccccc1)C(=O)OC. The zero-order valence-corrected chi connectivity index (χ0v) is 9.01. The van der Waals surface area contributed by atoms with Crippen LogP contribution in [0.15, 0.2) is 35.3 Å². The maximum atomic E-state index is 11.4. The number of carbonyl (C=O) groups excluding carboxylic acids is 1. The van der Waals surface area contributed by atoms with Gasteiger partial charge in [-0.3, -0.25) is 4.99 Å². The molecule has 0 spiro atoms. The Morgan fingerprint density at radius 2 is 2.13 bits per heavy atom. The van der Waals surface area contributed by atoms with E-state index >= 15 is 0 Å². The van der Waals surface area contributed by atoms with E-state index in [9.17, 15) is 4.79 Å². The van der Waals surface area contributed by atoms with Gasteiger partial charge in [-0.15, -0.1) is 0 Å². The smallest absolute Gasteiger partial charge is 0.330 e. The topological polar surface area (TPSA) is 38.7 Å². The summed E-state index contributed by atoms with van der Waals surface area (Å²) in [7, 11) is 1.38. The molecule has 1 rings (SSSR count). The highest BCUT2D eigenvalue weighted by Crippen LogP contribution is 2.06. The van der Waals surface area contributed by atoms with Gasteiger partial charge in [-0.25, -0.2) is 4.79 Å². The zero-order chi connectivity index (χ0) is 11.1. The standard InChI is InChI=1S/C12H15NO2/c1-3-13-11(12(14)15-2)9-10-7-5-4-6-8-10/h3-8,11H,9H2,1-2H3. The van der Waals surface area contributed by atoms with E-state index in [1.165, 1.54) is 7.11 Å². The predicted octanol–water partition coefficient (Wildman–Crippen LogP) is 1.86. The zero-order valence-electron chi connectivity index (χ0n) is 9.01. The average Bonchev–Trinajstić information content (AvgIpc) is 2.29. The van der Waals surface area contributed by atoms with Crippen molar-refractivity contribution in [3.05, 3.63) is 35.9 Å². The number of aliphatic imine (C=N–C) groups is 1. The van der Waals surface area contributed by atoms with Crippen LogP contribution < -0.4 is 0 Å². The molecule has 0 radical (unpaired) electrons. The number of methoxy groups -OCH3 is 1. The van der Waals surface area contributed by atoms with Crippen LogP contribution in [0.4, 0.5) is 0 Å². The largest absolute Gasteiger partial charge is 0.467 e. The highest BCUT2D eigenvalue weighted by atomic mass is 16.5. The van der Waals surface area contributed by atoms with Gasteiger partial charge in [0, 0.05) is 6.42 Å². The summed E-state index contributed by atoms with van der Waals surface area (Å²) in [5.41, 5.74) is 1.08. The fourth-order valence-electron chi connectivity index (χ4n) is 1.35. The van der Waals surface area contributed by atoms with Gasteiger partial charge in [0.05, 0.1) is 7.11 Å². The molecule has 0 N–H and O–H groups in total. The summed E-state index contributed by atoms with van der Waals surface area (Å²) in [5.74, 6) is -0.294. The summed E-state index contributed by atoms with van der Waals surface area (Å²) in [5, 5.41) is 0. The van der Waals surface area contributed by atoms with Crippen LogP contribution in [0.1, 0.15) is 12.5 Å². The number of ether oxygens (including phenoxy) is 1. The molecule has 3 heteroatoms. The lowest BCUT2D eigenvalue weighted by Gasteiger charge is -2.09. The van der Waals surface area contributed by atoms with Crippen LogP contribution in [0.3, 0.4) is 0 Å². The Balaban J connectivity index is 2.71. The third kappa shape index (κ3) is 3.54. The molecule has 0 aromatic heterocycles. The van der Waals surface area contributed by atoms with Gasteiger partial charge in [0.2, 0.25) is 0 Å². The van der Waals surface area contributed by atoms with E-state index in [0.29, 0.717) is 6.42 Å². The van der Waals surface area contributed by atoms with E-state index in [-0.39, 0.29) is 5.97 Å². The van der Waals surface area contributed by atoms with Crippen LogP contribution in [-0.2, 0) is 16.0 Å². The number of rotatable bonds is 4. The van der Waals surface area contributed by atoms with E-state index in [2.05, 4.69) is 9.73 Å². The summed E-state index contributed by atoms with van der Waals surface area (Å²) in [6, 6.07) is 9.35. The van der Waals surface area contributed by atoms with Gasteiger partial charge in [-0.05, 0) is 18.7 Å². The molecule has 0 saturated carbocycles. The lowest BCUT2D eigenvalue weighted by molar-refractivity contribution is -0.142. The second kappa shape index (κ2) is 5.96. The first-order valence-electron chi connectivity index (χ1n) is 4.87. The maximum absolute atomic E-state index is 11.4. The van der Waals surface area contributed by atoms with E-state index in [1.807, 2.05) is 30.3 Å². The number of nitrogens with zero attached hydrogens (tertiary/aromatic N) is 1. The molecule has 1 aromatic carbocycles. The van der Waals surface area contributed by atoms with Crippen molar-refractivity contribution in [3.8, 4) is 0 Å². The first-order valence-corrected chi connectivity index (χ1v) is 4.87. The summed E-state index contributed by atoms with van der Waals surface area (Å²) >= 11 is 0. The Labute approximate surface area is 89.8 Å². The van der Waals surface area contributed by atoms with Gasteiger partial charge in [0.15, 0.2) is 6.04 Å². The van der Waals surface area contributed by atoms with Crippen molar-refractivity contribution < 1.29 is 9.53 Å². The number of carbonyl (C=O) groups is 1. The van der Waals surface area contributed by atoms with Gasteiger partial charge < -0.3 is 4.74 Å². The molecule has 0 aliphatic rings. The van der Waals surface area contributed by atoms with Crippen molar-refractivity contribution in [2.45, 2.75) is 19.4 Å². The first kappa shape index (κ1) is 11.4. The van der Waals surface area contributed by atoms with Gasteiger partial charge in [0.25, 0.3) is 0 Å². The molecule has 0 aliphatic carbocycles. The molecule has 15 heavy (non-hydrogen) atoms. The molecule has 3 nitrogen and oxygen atoms in total. The Morgan fingerprint density at radius 1 is 1.47 bits per heavy atom. The molecule has 0 saturated heterocycles. The van der Waals surface area contributed by atoms with Crippen LogP contribution in [0.2, 0.25) is 0 Å². The van der Waals surface area contributed by atoms with Crippen LogP contribution in [0, 0.1) is 0 Å². The summed E-state index contributed by atoms with van der Waals surface area (Å²) < 4.78 is 4.68. The Morgan fingerprint density at radius 3 is 2.67 bits per heavy atom. The number of benzene rings is 1. The molecule has 0 aliphatic heterocycles. The quantitative estimate of drug-likeness (QED) is 0.556. The van der Waals surface area contributed by atoms with Crippen molar-refractivity contribution in [2.75, 3.05) is 7.11 Å². The Bertz CT molecular complexity index is 333. The summed E-state index contributed by atoms with van der Waals surface area (Å²) in [4.78, 5) is 15.5. The minimum Gasteiger partial charge on any atom is -0.467 e. The molecule has 0 heterocycles. The summed E-state index contributed by atoms with van der Waals surface area (Å²) in [6.07, 6.45) is 2.21. The van der Waals surface area contributed by atoms with E-state index in [4.69, 9.17) is 0 Å². The lowest BCUT2D eigenvalue weighted by atomic mass is 10.1. The number of hydrogen-bond acceptors (Lipinski definition) is 3. The Hall–Kier alpha value is -1.64. The predicted molar refractivity (Wildman–Crippen MR) is 60.1 cm³/mol. The number of hydrogen-bond donors (Lipinski definition) is 0. The van der Waals surface area contributed by atoms with Crippen LogP contribution in [-0.4, -0.2) is 25.3 Å². The van der Waals surface area contributed by atoms with Crippen LogP contribution >= 0.6 is 0 Å². The van der Waals surface area contributed by atoms with Gasteiger partial charge >= 0.3 is 5.97 Å². The van der Waals surface area contributed by atoms with Crippen molar-refractivity contribution in [1.82, 2.24) is 0 Å². The van der Waals surface area contributed by atoms with E-state index < -0.39 is 6.04 Å². The lowest BCUT2D eigenvalue weighted by Crippen LogP contribution is -2.22. The highest BCUT2D eigenvalue weighted by molar-refractivity contribution is 5.78. The highest BCUT2D eigenvalue weighted by Gasteiger charge is 2.17. The fourth-order valence-corrected chi connectivity index (χ4v) is 1.35. The monoisotopic (exact) mass is 205 g/mol. The third-order valence-corrected chi connectivity index (χ3v) is 2.07. The molecule has 0 bridgehead atoms. The molecular formula is C12H15NO2.